The molecule has 1 nitrogen and oxygen atoms in total. The number of nitrogens with one attached hydrogen (secondary N) is 1. The molecule has 0 saturated heterocycles. The summed E-state index contributed by atoms with van der Waals surface area (Å²) in [5.41, 5.74) is 0.157. The zero-order valence-electron chi connectivity index (χ0n) is 13.8. The molecule has 3 heteroatoms. The zero-order valence-corrected chi connectivity index (χ0v) is 13.8. The van der Waals surface area contributed by atoms with Crippen LogP contribution in [0.4, 0.5) is 8.78 Å². The first kappa shape index (κ1) is 18.1. The van der Waals surface area contributed by atoms with Gasteiger partial charge in [0.1, 0.15) is 11.6 Å². The molecular formula is C18H29F2N. The second-order valence-electron chi connectivity index (χ2n) is 6.37. The van der Waals surface area contributed by atoms with Crippen molar-refractivity contribution >= 4 is 0 Å². The van der Waals surface area contributed by atoms with Crippen LogP contribution in [0.3, 0.4) is 0 Å². The zero-order chi connectivity index (χ0) is 15.9. The van der Waals surface area contributed by atoms with Crippen molar-refractivity contribution in [2.45, 2.75) is 65.8 Å². The Morgan fingerprint density at radius 1 is 1.14 bits per heavy atom. The van der Waals surface area contributed by atoms with Gasteiger partial charge in [0.15, 0.2) is 0 Å². The van der Waals surface area contributed by atoms with Crippen LogP contribution in [0.25, 0.3) is 0 Å². The average Bonchev–Trinajstić information content (AvgIpc) is 2.45. The maximum Gasteiger partial charge on any atom is 0.129 e. The van der Waals surface area contributed by atoms with E-state index in [4.69, 9.17) is 0 Å². The number of halogens is 2. The molecule has 0 radical (unpaired) electrons. The van der Waals surface area contributed by atoms with Gasteiger partial charge in [-0.25, -0.2) is 8.78 Å². The molecule has 0 aliphatic heterocycles. The quantitative estimate of drug-likeness (QED) is 0.669. The number of hydrogen-bond donors (Lipinski definition) is 1. The SMILES string of the molecule is CCCCC(CC)(CNC(C)C)Cc1c(F)cccc1F. The molecule has 1 aromatic carbocycles. The highest BCUT2D eigenvalue weighted by atomic mass is 19.1. The summed E-state index contributed by atoms with van der Waals surface area (Å²) in [6.07, 6.45) is 4.56. The predicted molar refractivity (Wildman–Crippen MR) is 85.4 cm³/mol. The van der Waals surface area contributed by atoms with Gasteiger partial charge in [-0.2, -0.15) is 0 Å². The van der Waals surface area contributed by atoms with E-state index >= 15 is 0 Å². The van der Waals surface area contributed by atoms with E-state index in [9.17, 15) is 8.78 Å². The van der Waals surface area contributed by atoms with Gasteiger partial charge in [-0.15, -0.1) is 0 Å². The third-order valence-electron chi connectivity index (χ3n) is 4.31. The molecule has 0 saturated carbocycles. The molecule has 0 amide bonds. The minimum Gasteiger partial charge on any atom is -0.314 e. The fourth-order valence-corrected chi connectivity index (χ4v) is 2.71. The molecule has 1 aromatic rings. The van der Waals surface area contributed by atoms with Crippen molar-refractivity contribution < 1.29 is 8.78 Å². The van der Waals surface area contributed by atoms with Crippen LogP contribution in [0.2, 0.25) is 0 Å². The number of hydrogen-bond acceptors (Lipinski definition) is 1. The van der Waals surface area contributed by atoms with E-state index in [1.807, 2.05) is 0 Å². The summed E-state index contributed by atoms with van der Waals surface area (Å²) in [6.45, 7) is 9.28. The van der Waals surface area contributed by atoms with E-state index < -0.39 is 11.6 Å². The number of unbranched alkanes of at least 4 members (excludes halogenated alkanes) is 1. The van der Waals surface area contributed by atoms with Gasteiger partial charge in [0.2, 0.25) is 0 Å². The molecule has 0 bridgehead atoms. The Kier molecular flexibility index (Phi) is 7.30. The smallest absolute Gasteiger partial charge is 0.129 e. The van der Waals surface area contributed by atoms with E-state index in [0.717, 1.165) is 32.2 Å². The standard InChI is InChI=1S/C18H29F2N/c1-5-7-11-18(6-2,13-21-14(3)4)12-15-16(19)9-8-10-17(15)20/h8-10,14,21H,5-7,11-13H2,1-4H3. The maximum atomic E-state index is 14.0. The summed E-state index contributed by atoms with van der Waals surface area (Å²) in [5, 5.41) is 3.46. The Hall–Kier alpha value is -0.960. The van der Waals surface area contributed by atoms with Gasteiger partial charge < -0.3 is 5.32 Å². The average molecular weight is 297 g/mol. The van der Waals surface area contributed by atoms with Crippen LogP contribution < -0.4 is 5.32 Å². The summed E-state index contributed by atoms with van der Waals surface area (Å²) in [7, 11) is 0. The van der Waals surface area contributed by atoms with Gasteiger partial charge in [-0.05, 0) is 36.8 Å². The van der Waals surface area contributed by atoms with Gasteiger partial charge >= 0.3 is 0 Å². The first-order valence-electron chi connectivity index (χ1n) is 8.10. The normalized spacial score (nSPS) is 14.4. The lowest BCUT2D eigenvalue weighted by atomic mass is 9.75. The van der Waals surface area contributed by atoms with Crippen molar-refractivity contribution in [1.82, 2.24) is 5.32 Å². The molecule has 0 spiro atoms. The highest BCUT2D eigenvalue weighted by Gasteiger charge is 2.30. The van der Waals surface area contributed by atoms with Crippen LogP contribution >= 0.6 is 0 Å². The highest BCUT2D eigenvalue weighted by molar-refractivity contribution is 5.21. The van der Waals surface area contributed by atoms with Crippen molar-refractivity contribution in [3.05, 3.63) is 35.4 Å². The Morgan fingerprint density at radius 3 is 2.24 bits per heavy atom. The van der Waals surface area contributed by atoms with Crippen LogP contribution in [0.5, 0.6) is 0 Å². The fourth-order valence-electron chi connectivity index (χ4n) is 2.71. The Morgan fingerprint density at radius 2 is 1.76 bits per heavy atom. The summed E-state index contributed by atoms with van der Waals surface area (Å²) >= 11 is 0. The van der Waals surface area contributed by atoms with Crippen molar-refractivity contribution in [1.29, 1.82) is 0 Å². The van der Waals surface area contributed by atoms with Crippen LogP contribution in [0.15, 0.2) is 18.2 Å². The monoisotopic (exact) mass is 297 g/mol. The summed E-state index contributed by atoms with van der Waals surface area (Å²) in [4.78, 5) is 0. The number of rotatable bonds is 9. The molecule has 1 unspecified atom stereocenters. The molecule has 1 atom stereocenters. The maximum absolute atomic E-state index is 14.0. The van der Waals surface area contributed by atoms with Gasteiger partial charge in [0.25, 0.3) is 0 Å². The first-order valence-corrected chi connectivity index (χ1v) is 8.10. The van der Waals surface area contributed by atoms with E-state index in [2.05, 4.69) is 33.0 Å². The van der Waals surface area contributed by atoms with Gasteiger partial charge in [0, 0.05) is 18.2 Å². The lowest BCUT2D eigenvalue weighted by molar-refractivity contribution is 0.218. The molecule has 1 N–H and O–H groups in total. The molecule has 0 aliphatic rings. The lowest BCUT2D eigenvalue weighted by Crippen LogP contribution is -2.39. The van der Waals surface area contributed by atoms with E-state index in [-0.39, 0.29) is 11.0 Å². The molecule has 120 valence electrons. The van der Waals surface area contributed by atoms with Crippen LogP contribution in [-0.4, -0.2) is 12.6 Å². The highest BCUT2D eigenvalue weighted by Crippen LogP contribution is 2.34. The van der Waals surface area contributed by atoms with Crippen molar-refractivity contribution in [3.63, 3.8) is 0 Å². The third-order valence-corrected chi connectivity index (χ3v) is 4.31. The fraction of sp³-hybridized carbons (Fsp3) is 0.667. The molecule has 0 aromatic heterocycles. The molecule has 21 heavy (non-hydrogen) atoms. The van der Waals surface area contributed by atoms with E-state index in [1.54, 1.807) is 0 Å². The molecule has 0 fully saturated rings. The second kappa shape index (κ2) is 8.47. The minimum atomic E-state index is -0.422. The predicted octanol–water partition coefficient (Wildman–Crippen LogP) is 5.09. The number of benzene rings is 1. The van der Waals surface area contributed by atoms with Gasteiger partial charge in [0.05, 0.1) is 0 Å². The molecule has 1 rings (SSSR count). The summed E-state index contributed by atoms with van der Waals surface area (Å²) < 4.78 is 28.0. The van der Waals surface area contributed by atoms with Crippen molar-refractivity contribution in [2.75, 3.05) is 6.54 Å². The van der Waals surface area contributed by atoms with Crippen molar-refractivity contribution in [3.8, 4) is 0 Å². The summed E-state index contributed by atoms with van der Waals surface area (Å²) in [6, 6.07) is 4.52. The second-order valence-corrected chi connectivity index (χ2v) is 6.37. The first-order chi connectivity index (χ1) is 9.94. The Balaban J connectivity index is 2.98. The third kappa shape index (κ3) is 5.39. The van der Waals surface area contributed by atoms with Gasteiger partial charge in [-0.3, -0.25) is 0 Å². The lowest BCUT2D eigenvalue weighted by Gasteiger charge is -2.34. The van der Waals surface area contributed by atoms with Crippen molar-refractivity contribution in [2.24, 2.45) is 5.41 Å². The molecular weight excluding hydrogens is 268 g/mol. The van der Waals surface area contributed by atoms with Crippen LogP contribution in [0, 0.1) is 17.0 Å². The largest absolute Gasteiger partial charge is 0.314 e. The minimum absolute atomic E-state index is 0.0800. The topological polar surface area (TPSA) is 12.0 Å². The van der Waals surface area contributed by atoms with E-state index in [0.29, 0.717) is 12.5 Å². The van der Waals surface area contributed by atoms with Crippen LogP contribution in [0.1, 0.15) is 58.9 Å². The van der Waals surface area contributed by atoms with Gasteiger partial charge in [-0.1, -0.05) is 46.6 Å². The molecule has 0 heterocycles. The Bertz CT molecular complexity index is 411. The summed E-state index contributed by atoms with van der Waals surface area (Å²) in [5.74, 6) is -0.845. The Labute approximate surface area is 128 Å². The molecule has 0 aliphatic carbocycles. The van der Waals surface area contributed by atoms with Crippen LogP contribution in [-0.2, 0) is 6.42 Å². The van der Waals surface area contributed by atoms with E-state index in [1.165, 1.54) is 18.2 Å².